The van der Waals surface area contributed by atoms with Crippen molar-refractivity contribution in [1.82, 2.24) is 0 Å². The van der Waals surface area contributed by atoms with Crippen molar-refractivity contribution in [3.8, 4) is 0 Å². The monoisotopic (exact) mass is 138 g/mol. The van der Waals surface area contributed by atoms with Gasteiger partial charge in [0.1, 0.15) is 0 Å². The second-order valence-corrected chi connectivity index (χ2v) is 3.21. The Hall–Kier alpha value is -0.260. The summed E-state index contributed by atoms with van der Waals surface area (Å²) in [6.45, 7) is 2.26. The van der Waals surface area contributed by atoms with Crippen molar-refractivity contribution >= 4 is 0 Å². The van der Waals surface area contributed by atoms with Crippen LogP contribution in [0.4, 0.5) is 0 Å². The van der Waals surface area contributed by atoms with Gasteiger partial charge in [0.2, 0.25) is 0 Å². The molecule has 0 bridgehead atoms. The van der Waals surface area contributed by atoms with E-state index in [0.717, 1.165) is 0 Å². The van der Waals surface area contributed by atoms with Gasteiger partial charge in [-0.25, -0.2) is 0 Å². The van der Waals surface area contributed by atoms with Gasteiger partial charge in [-0.05, 0) is 25.7 Å². The molecule has 1 saturated carbocycles. The third-order valence-corrected chi connectivity index (χ3v) is 2.03. The first kappa shape index (κ1) is 7.84. The lowest BCUT2D eigenvalue weighted by Crippen LogP contribution is -1.72. The smallest absolute Gasteiger partial charge is 0.0283 e. The summed E-state index contributed by atoms with van der Waals surface area (Å²) in [4.78, 5) is 0. The second kappa shape index (κ2) is 4.54. The quantitative estimate of drug-likeness (QED) is 0.401. The minimum Gasteiger partial charge on any atom is -0.0853 e. The molecule has 0 saturated heterocycles. The lowest BCUT2D eigenvalue weighted by atomic mass is 10.1. The maximum atomic E-state index is 2.44. The molecule has 0 unspecified atom stereocenters. The Balaban J connectivity index is 1.81. The van der Waals surface area contributed by atoms with E-state index in [0.29, 0.717) is 0 Å². The van der Waals surface area contributed by atoms with E-state index in [1.807, 2.05) is 0 Å². The zero-order valence-corrected chi connectivity index (χ0v) is 7.03. The van der Waals surface area contributed by atoms with Crippen LogP contribution in [-0.4, -0.2) is 0 Å². The number of unbranched alkanes of at least 4 members (excludes halogenated alkanes) is 4. The first-order valence-electron chi connectivity index (χ1n) is 4.61. The molecule has 0 aromatic carbocycles. The molecular formula is C10H18. The predicted molar refractivity (Wildman–Crippen MR) is 46.1 cm³/mol. The Morgan fingerprint density at radius 2 is 2.00 bits per heavy atom. The van der Waals surface area contributed by atoms with Gasteiger partial charge in [-0.1, -0.05) is 37.8 Å². The number of hydrogen-bond donors (Lipinski definition) is 0. The van der Waals surface area contributed by atoms with Gasteiger partial charge in [0, 0.05) is 0 Å². The molecule has 0 spiro atoms. The predicted octanol–water partition coefficient (Wildman–Crippen LogP) is 3.68. The summed E-state index contributed by atoms with van der Waals surface area (Å²) < 4.78 is 0. The Labute approximate surface area is 64.3 Å². The van der Waals surface area contributed by atoms with Crippen LogP contribution in [0.2, 0.25) is 0 Å². The standard InChI is InChI=1S/C10H18/c1-2-3-4-5-6-7-10-8-9-10/h7H,2-6,8-9H2,1H3. The maximum Gasteiger partial charge on any atom is -0.0283 e. The molecule has 0 heterocycles. The number of allylic oxidation sites excluding steroid dienone is 2. The summed E-state index contributed by atoms with van der Waals surface area (Å²) in [6, 6.07) is 0. The Morgan fingerprint density at radius 1 is 1.20 bits per heavy atom. The van der Waals surface area contributed by atoms with Crippen molar-refractivity contribution in [2.45, 2.75) is 51.9 Å². The Bertz CT molecular complexity index is 105. The van der Waals surface area contributed by atoms with Crippen molar-refractivity contribution in [2.24, 2.45) is 0 Å². The topological polar surface area (TPSA) is 0 Å². The van der Waals surface area contributed by atoms with Crippen molar-refractivity contribution in [2.75, 3.05) is 0 Å². The number of rotatable bonds is 5. The zero-order valence-electron chi connectivity index (χ0n) is 7.03. The fourth-order valence-electron chi connectivity index (χ4n) is 1.15. The van der Waals surface area contributed by atoms with Crippen LogP contribution in [0.1, 0.15) is 51.9 Å². The van der Waals surface area contributed by atoms with E-state index in [-0.39, 0.29) is 0 Å². The minimum absolute atomic E-state index is 1.34. The van der Waals surface area contributed by atoms with Crippen LogP contribution in [0, 0.1) is 0 Å². The molecule has 0 radical (unpaired) electrons. The summed E-state index contributed by atoms with van der Waals surface area (Å²) in [6.07, 6.45) is 12.2. The molecule has 1 aliphatic carbocycles. The highest BCUT2D eigenvalue weighted by molar-refractivity contribution is 5.15. The highest BCUT2D eigenvalue weighted by atomic mass is 14.1. The summed E-state index contributed by atoms with van der Waals surface area (Å²) >= 11 is 0. The van der Waals surface area contributed by atoms with Crippen LogP contribution >= 0.6 is 0 Å². The first-order valence-corrected chi connectivity index (χ1v) is 4.61. The van der Waals surface area contributed by atoms with E-state index in [9.17, 15) is 0 Å². The molecule has 10 heavy (non-hydrogen) atoms. The van der Waals surface area contributed by atoms with Crippen molar-refractivity contribution in [3.63, 3.8) is 0 Å². The molecule has 0 heteroatoms. The van der Waals surface area contributed by atoms with E-state index in [2.05, 4.69) is 13.0 Å². The van der Waals surface area contributed by atoms with Gasteiger partial charge in [-0.2, -0.15) is 0 Å². The average molecular weight is 138 g/mol. The summed E-state index contributed by atoms with van der Waals surface area (Å²) in [7, 11) is 0. The van der Waals surface area contributed by atoms with Gasteiger partial charge < -0.3 is 0 Å². The Morgan fingerprint density at radius 3 is 2.60 bits per heavy atom. The SMILES string of the molecule is CCCCCCC=C1CC1. The lowest BCUT2D eigenvalue weighted by Gasteiger charge is -1.92. The van der Waals surface area contributed by atoms with Gasteiger partial charge in [-0.3, -0.25) is 0 Å². The highest BCUT2D eigenvalue weighted by Crippen LogP contribution is 2.28. The third-order valence-electron chi connectivity index (χ3n) is 2.03. The summed E-state index contributed by atoms with van der Waals surface area (Å²) in [5.74, 6) is 0. The van der Waals surface area contributed by atoms with E-state index < -0.39 is 0 Å². The molecular weight excluding hydrogens is 120 g/mol. The average Bonchev–Trinajstić information content (AvgIpc) is 2.71. The van der Waals surface area contributed by atoms with Crippen LogP contribution in [0.25, 0.3) is 0 Å². The van der Waals surface area contributed by atoms with E-state index in [4.69, 9.17) is 0 Å². The van der Waals surface area contributed by atoms with Gasteiger partial charge in [0.25, 0.3) is 0 Å². The molecule has 0 aliphatic heterocycles. The molecule has 0 amide bonds. The fourth-order valence-corrected chi connectivity index (χ4v) is 1.15. The molecule has 1 rings (SSSR count). The summed E-state index contributed by atoms with van der Waals surface area (Å²) in [5, 5.41) is 0. The van der Waals surface area contributed by atoms with Crippen molar-refractivity contribution in [1.29, 1.82) is 0 Å². The summed E-state index contributed by atoms with van der Waals surface area (Å²) in [5.41, 5.74) is 1.71. The number of hydrogen-bond acceptors (Lipinski definition) is 0. The second-order valence-electron chi connectivity index (χ2n) is 3.21. The van der Waals surface area contributed by atoms with Gasteiger partial charge in [-0.15, -0.1) is 0 Å². The molecule has 0 aromatic heterocycles. The van der Waals surface area contributed by atoms with E-state index in [1.165, 1.54) is 44.9 Å². The van der Waals surface area contributed by atoms with E-state index in [1.54, 1.807) is 5.57 Å². The minimum atomic E-state index is 1.34. The molecule has 1 fully saturated rings. The largest absolute Gasteiger partial charge is 0.0853 e. The van der Waals surface area contributed by atoms with E-state index >= 15 is 0 Å². The van der Waals surface area contributed by atoms with Crippen LogP contribution < -0.4 is 0 Å². The zero-order chi connectivity index (χ0) is 7.23. The fraction of sp³-hybridized carbons (Fsp3) is 0.800. The van der Waals surface area contributed by atoms with Crippen LogP contribution in [0.15, 0.2) is 11.6 Å². The third kappa shape index (κ3) is 3.71. The molecule has 0 N–H and O–H groups in total. The highest BCUT2D eigenvalue weighted by Gasteiger charge is 2.08. The molecule has 0 atom stereocenters. The molecule has 0 nitrogen and oxygen atoms in total. The molecule has 58 valence electrons. The van der Waals surface area contributed by atoms with Gasteiger partial charge >= 0.3 is 0 Å². The van der Waals surface area contributed by atoms with Crippen molar-refractivity contribution < 1.29 is 0 Å². The van der Waals surface area contributed by atoms with Gasteiger partial charge in [0.15, 0.2) is 0 Å². The Kier molecular flexibility index (Phi) is 3.56. The van der Waals surface area contributed by atoms with Crippen LogP contribution in [0.3, 0.4) is 0 Å². The van der Waals surface area contributed by atoms with Crippen LogP contribution in [-0.2, 0) is 0 Å². The van der Waals surface area contributed by atoms with Crippen LogP contribution in [0.5, 0.6) is 0 Å². The maximum absolute atomic E-state index is 2.44. The first-order chi connectivity index (χ1) is 4.93. The van der Waals surface area contributed by atoms with Gasteiger partial charge in [0.05, 0.1) is 0 Å². The molecule has 0 aromatic rings. The lowest BCUT2D eigenvalue weighted by molar-refractivity contribution is 0.674. The van der Waals surface area contributed by atoms with Crippen molar-refractivity contribution in [3.05, 3.63) is 11.6 Å². The normalized spacial score (nSPS) is 15.5. The molecule has 1 aliphatic rings.